The molecule has 0 radical (unpaired) electrons. The van der Waals surface area contributed by atoms with Gasteiger partial charge in [-0.25, -0.2) is 14.2 Å². The molecule has 2 aliphatic heterocycles. The van der Waals surface area contributed by atoms with E-state index in [1.54, 1.807) is 57.2 Å². The lowest BCUT2D eigenvalue weighted by molar-refractivity contribution is -0.172. The maximum Gasteiger partial charge on any atom is 0.343 e. The number of esters is 1. The maximum atomic E-state index is 15.3. The van der Waals surface area contributed by atoms with Crippen LogP contribution in [0.5, 0.6) is 0 Å². The molecule has 4 aromatic rings. The lowest BCUT2D eigenvalue weighted by atomic mass is 9.81. The summed E-state index contributed by atoms with van der Waals surface area (Å²) in [6.07, 6.45) is 1.01. The molecule has 65 heavy (non-hydrogen) atoms. The fourth-order valence-corrected chi connectivity index (χ4v) is 8.41. The molecule has 0 bridgehead atoms. The van der Waals surface area contributed by atoms with Gasteiger partial charge in [-0.05, 0) is 54.5 Å². The van der Waals surface area contributed by atoms with Gasteiger partial charge in [-0.1, -0.05) is 44.2 Å². The van der Waals surface area contributed by atoms with E-state index in [1.165, 1.54) is 10.6 Å². The molecule has 1 aliphatic carbocycles. The molecule has 20 heteroatoms. The van der Waals surface area contributed by atoms with Crippen molar-refractivity contribution >= 4 is 52.3 Å². The van der Waals surface area contributed by atoms with E-state index < -0.39 is 91.0 Å². The molecule has 0 fully saturated rings. The van der Waals surface area contributed by atoms with Crippen LogP contribution in [0.25, 0.3) is 22.3 Å². The van der Waals surface area contributed by atoms with Crippen LogP contribution in [0.15, 0.2) is 47.3 Å². The second kappa shape index (κ2) is 19.4. The van der Waals surface area contributed by atoms with Gasteiger partial charge in [0.1, 0.15) is 31.8 Å². The zero-order chi connectivity index (χ0) is 46.6. The number of nitrogens with one attached hydrogen (secondary N) is 6. The maximum absolute atomic E-state index is 15.3. The van der Waals surface area contributed by atoms with Crippen molar-refractivity contribution in [1.29, 1.82) is 0 Å². The quantitative estimate of drug-likeness (QED) is 0.0375. The third kappa shape index (κ3) is 9.58. The van der Waals surface area contributed by atoms with Crippen LogP contribution in [-0.4, -0.2) is 95.1 Å². The Morgan fingerprint density at radius 3 is 2.37 bits per heavy atom. The molecular formula is C45H49FN8O11. The van der Waals surface area contributed by atoms with E-state index in [1.807, 2.05) is 0 Å². The summed E-state index contributed by atoms with van der Waals surface area (Å²) in [5.74, 6) is -4.79. The van der Waals surface area contributed by atoms with Crippen LogP contribution in [0.2, 0.25) is 0 Å². The molecule has 0 unspecified atom stereocenters. The number of rotatable bonds is 17. The Balaban J connectivity index is 0.968. The molecule has 0 spiro atoms. The number of hydrogen-bond acceptors (Lipinski definition) is 12. The largest absolute Gasteiger partial charge is 0.458 e. The highest BCUT2D eigenvalue weighted by atomic mass is 19.1. The van der Waals surface area contributed by atoms with Crippen molar-refractivity contribution in [3.8, 4) is 11.4 Å². The van der Waals surface area contributed by atoms with E-state index in [0.717, 1.165) is 5.56 Å². The van der Waals surface area contributed by atoms with Crippen LogP contribution in [0.1, 0.15) is 78.1 Å². The molecular weight excluding hydrogens is 848 g/mol. The molecule has 7 N–H and O–H groups in total. The van der Waals surface area contributed by atoms with Crippen molar-refractivity contribution in [3.05, 3.63) is 97.6 Å². The van der Waals surface area contributed by atoms with Crippen LogP contribution in [0.3, 0.4) is 0 Å². The molecule has 19 nitrogen and oxygen atoms in total. The number of cyclic esters (lactones) is 1. The van der Waals surface area contributed by atoms with Gasteiger partial charge < -0.3 is 51.0 Å². The lowest BCUT2D eigenvalue weighted by Gasteiger charge is -2.31. The number of fused-ring (bicyclic) bond motifs is 5. The number of nitrogens with zero attached hydrogens (tertiary/aromatic N) is 2. The zero-order valence-corrected chi connectivity index (χ0v) is 36.0. The Hall–Kier alpha value is -7.06. The van der Waals surface area contributed by atoms with E-state index in [0.29, 0.717) is 57.4 Å². The van der Waals surface area contributed by atoms with Crippen LogP contribution in [0.4, 0.5) is 4.39 Å². The predicted octanol–water partition coefficient (Wildman–Crippen LogP) is 0.207. The summed E-state index contributed by atoms with van der Waals surface area (Å²) in [5.41, 5.74) is 1.98. The molecule has 0 saturated heterocycles. The van der Waals surface area contributed by atoms with Crippen LogP contribution in [0, 0.1) is 12.7 Å². The first-order valence-corrected chi connectivity index (χ1v) is 21.2. The van der Waals surface area contributed by atoms with Gasteiger partial charge in [0, 0.05) is 35.4 Å². The van der Waals surface area contributed by atoms with Gasteiger partial charge in [-0.15, -0.1) is 0 Å². The predicted molar refractivity (Wildman–Crippen MR) is 229 cm³/mol. The topological polar surface area (TPSA) is 265 Å². The number of carbonyl (C=O) groups excluding carboxylic acids is 7. The Kier molecular flexibility index (Phi) is 13.7. The van der Waals surface area contributed by atoms with Crippen molar-refractivity contribution in [2.24, 2.45) is 0 Å². The number of amides is 6. The number of ether oxygens (including phenoxy) is 2. The number of aryl methyl sites for hydroxylation is 1. The second-order valence-corrected chi connectivity index (χ2v) is 16.0. The summed E-state index contributed by atoms with van der Waals surface area (Å²) < 4.78 is 27.5. The van der Waals surface area contributed by atoms with E-state index in [4.69, 9.17) is 14.5 Å². The van der Waals surface area contributed by atoms with Crippen LogP contribution in [-0.2, 0) is 74.6 Å². The molecule has 0 saturated carbocycles. The SMILES string of the molecule is CCC(=O)NCC(=O)NCC(=O)N[C@@H](Cc1ccccc1)C(=O)NCC(=O)NCOCC(=O)N[C@H]1CCc2c(C)c(F)cc3nc4c(c1c23)Cn1c-4cc2c(c1=O)COC(=O)[C@]2(O)CC. The monoisotopic (exact) mass is 896 g/mol. The normalized spacial score (nSPS) is 17.1. The average molecular weight is 897 g/mol. The summed E-state index contributed by atoms with van der Waals surface area (Å²) >= 11 is 0. The Morgan fingerprint density at radius 2 is 1.63 bits per heavy atom. The first-order valence-electron chi connectivity index (χ1n) is 21.2. The van der Waals surface area contributed by atoms with Gasteiger partial charge >= 0.3 is 5.97 Å². The number of benzene rings is 2. The Bertz CT molecular complexity index is 2670. The lowest BCUT2D eigenvalue weighted by Crippen LogP contribution is -2.52. The third-order valence-electron chi connectivity index (χ3n) is 11.9. The number of carbonyl (C=O) groups is 7. The standard InChI is InChI=1S/C45H49FN8O11/c1-4-34(55)47-16-35(56)48-18-37(58)52-32(13-24-9-7-6-8-10-24)42(60)49-17-36(57)50-22-64-21-38(59)51-30-12-11-25-23(3)29(46)15-31-39(25)40(30)26-19-54-33(41(26)53-31)14-28-27(43(54)61)20-65-44(62)45(28,63)5-2/h6-10,14-15,30,32,63H,4-5,11-13,16-22H2,1-3H3,(H,47,55)(H,48,56)(H,49,60)(H,50,57)(H,51,59)(H,52,58)/t30-,32-,45-/m0/s1. The second-order valence-electron chi connectivity index (χ2n) is 16.0. The summed E-state index contributed by atoms with van der Waals surface area (Å²) in [4.78, 5) is 107. The van der Waals surface area contributed by atoms with Crippen molar-refractivity contribution in [2.45, 2.75) is 83.7 Å². The highest BCUT2D eigenvalue weighted by Crippen LogP contribution is 2.46. The molecule has 3 aliphatic rings. The smallest absolute Gasteiger partial charge is 0.343 e. The molecule has 2 aromatic heterocycles. The van der Waals surface area contributed by atoms with Crippen molar-refractivity contribution in [3.63, 3.8) is 0 Å². The average Bonchev–Trinajstić information content (AvgIpc) is 3.67. The van der Waals surface area contributed by atoms with Gasteiger partial charge in [-0.2, -0.15) is 0 Å². The highest BCUT2D eigenvalue weighted by Gasteiger charge is 2.46. The minimum atomic E-state index is -2.04. The van der Waals surface area contributed by atoms with E-state index >= 15 is 4.39 Å². The number of hydrogen-bond donors (Lipinski definition) is 7. The van der Waals surface area contributed by atoms with Gasteiger partial charge in [-0.3, -0.25) is 33.6 Å². The number of aliphatic hydroxyl groups is 1. The number of halogens is 1. The first-order chi connectivity index (χ1) is 31.1. The highest BCUT2D eigenvalue weighted by molar-refractivity contribution is 5.95. The van der Waals surface area contributed by atoms with E-state index in [2.05, 4.69) is 31.9 Å². The van der Waals surface area contributed by atoms with Gasteiger partial charge in [0.15, 0.2) is 5.60 Å². The fraction of sp³-hybridized carbons (Fsp3) is 0.400. The van der Waals surface area contributed by atoms with Crippen molar-refractivity contribution < 1.29 is 52.5 Å². The first kappa shape index (κ1) is 45.9. The summed E-state index contributed by atoms with van der Waals surface area (Å²) in [6, 6.07) is 9.97. The zero-order valence-electron chi connectivity index (χ0n) is 36.0. The molecule has 6 amide bonds. The van der Waals surface area contributed by atoms with Crippen molar-refractivity contribution in [1.82, 2.24) is 41.5 Å². The van der Waals surface area contributed by atoms with Gasteiger partial charge in [0.2, 0.25) is 35.4 Å². The molecule has 342 valence electrons. The van der Waals surface area contributed by atoms with Gasteiger partial charge in [0.05, 0.1) is 54.7 Å². The minimum Gasteiger partial charge on any atom is -0.458 e. The number of aromatic nitrogens is 2. The van der Waals surface area contributed by atoms with Crippen LogP contribution >= 0.6 is 0 Å². The Morgan fingerprint density at radius 1 is 0.923 bits per heavy atom. The van der Waals surface area contributed by atoms with Gasteiger partial charge in [0.25, 0.3) is 5.56 Å². The van der Waals surface area contributed by atoms with E-state index in [9.17, 15) is 43.5 Å². The minimum absolute atomic E-state index is 0.0409. The van der Waals surface area contributed by atoms with Crippen LogP contribution < -0.4 is 37.5 Å². The van der Waals surface area contributed by atoms with E-state index in [-0.39, 0.29) is 56.0 Å². The number of pyridine rings is 2. The summed E-state index contributed by atoms with van der Waals surface area (Å²) in [6.45, 7) is 2.52. The third-order valence-corrected chi connectivity index (χ3v) is 11.9. The fourth-order valence-electron chi connectivity index (χ4n) is 8.41. The molecule has 3 atom stereocenters. The van der Waals surface area contributed by atoms with Crippen molar-refractivity contribution in [2.75, 3.05) is 33.0 Å². The molecule has 7 rings (SSSR count). The molecule has 2 aromatic carbocycles. The Labute approximate surface area is 371 Å². The molecule has 4 heterocycles. The summed E-state index contributed by atoms with van der Waals surface area (Å²) in [5, 5.41) is 27.2. The summed E-state index contributed by atoms with van der Waals surface area (Å²) in [7, 11) is 0.